The van der Waals surface area contributed by atoms with Crippen LogP contribution in [-0.2, 0) is 9.59 Å². The molecule has 1 saturated heterocycles. The van der Waals surface area contributed by atoms with Gasteiger partial charge < -0.3 is 16.0 Å². The van der Waals surface area contributed by atoms with Crippen molar-refractivity contribution in [2.24, 2.45) is 0 Å². The predicted molar refractivity (Wildman–Crippen MR) is 78.7 cm³/mol. The highest BCUT2D eigenvalue weighted by Crippen LogP contribution is 2.23. The average molecular weight is 290 g/mol. The van der Waals surface area contributed by atoms with Crippen LogP contribution in [0.1, 0.15) is 23.2 Å². The number of anilines is 2. The summed E-state index contributed by atoms with van der Waals surface area (Å²) < 4.78 is 0. The maximum atomic E-state index is 11.8. The molecule has 4 N–H and O–H groups in total. The lowest BCUT2D eigenvalue weighted by molar-refractivity contribution is -0.133. The molecule has 7 nitrogen and oxygen atoms in total. The number of carbonyl (C=O) groups is 3. The molecule has 1 atom stereocenters. The van der Waals surface area contributed by atoms with Crippen molar-refractivity contribution in [2.75, 3.05) is 25.1 Å². The van der Waals surface area contributed by atoms with E-state index >= 15 is 0 Å². The fourth-order valence-corrected chi connectivity index (χ4v) is 2.10. The Hall–Kier alpha value is -2.57. The van der Waals surface area contributed by atoms with Crippen LogP contribution in [0.25, 0.3) is 0 Å². The lowest BCUT2D eigenvalue weighted by Gasteiger charge is -2.23. The van der Waals surface area contributed by atoms with Crippen LogP contribution in [0.4, 0.5) is 11.4 Å². The van der Waals surface area contributed by atoms with Crippen molar-refractivity contribution in [1.82, 2.24) is 10.2 Å². The third-order valence-corrected chi connectivity index (χ3v) is 3.27. The van der Waals surface area contributed by atoms with Gasteiger partial charge in [0.1, 0.15) is 6.04 Å². The first kappa shape index (κ1) is 14.8. The zero-order valence-corrected chi connectivity index (χ0v) is 12.0. The minimum absolute atomic E-state index is 0.144. The molecule has 7 heteroatoms. The van der Waals surface area contributed by atoms with E-state index < -0.39 is 6.04 Å². The van der Waals surface area contributed by atoms with Crippen molar-refractivity contribution in [1.29, 1.82) is 0 Å². The summed E-state index contributed by atoms with van der Waals surface area (Å²) in [4.78, 5) is 36.1. The standard InChI is InChI=1S/C14H18N4O3/c1-18(2)14(21)8-3-4-10(9(15)7-8)16-11-5-6-12(19)17-13(11)20/h3-4,7,11,16H,5-6,15H2,1-2H3,(H,17,19,20). The largest absolute Gasteiger partial charge is 0.397 e. The first-order valence-corrected chi connectivity index (χ1v) is 6.60. The highest BCUT2D eigenvalue weighted by Gasteiger charge is 2.26. The lowest BCUT2D eigenvalue weighted by Crippen LogP contribution is -2.47. The molecule has 1 unspecified atom stereocenters. The number of carbonyl (C=O) groups excluding carboxylic acids is 3. The quantitative estimate of drug-likeness (QED) is 0.544. The number of imide groups is 1. The predicted octanol–water partition coefficient (Wildman–Crippen LogP) is 0.188. The van der Waals surface area contributed by atoms with Gasteiger partial charge in [-0.2, -0.15) is 0 Å². The summed E-state index contributed by atoms with van der Waals surface area (Å²) in [5, 5.41) is 5.27. The van der Waals surface area contributed by atoms with Crippen LogP contribution in [0.2, 0.25) is 0 Å². The van der Waals surface area contributed by atoms with E-state index in [1.54, 1.807) is 32.3 Å². The summed E-state index contributed by atoms with van der Waals surface area (Å²) >= 11 is 0. The summed E-state index contributed by atoms with van der Waals surface area (Å²) in [5.74, 6) is -0.772. The number of amides is 3. The Labute approximate surface area is 122 Å². The highest BCUT2D eigenvalue weighted by molar-refractivity contribution is 6.02. The van der Waals surface area contributed by atoms with Gasteiger partial charge in [0.15, 0.2) is 0 Å². The molecule has 0 spiro atoms. The van der Waals surface area contributed by atoms with Crippen LogP contribution in [0.3, 0.4) is 0 Å². The monoisotopic (exact) mass is 290 g/mol. The minimum Gasteiger partial charge on any atom is -0.397 e. The third-order valence-electron chi connectivity index (χ3n) is 3.27. The van der Waals surface area contributed by atoms with Gasteiger partial charge in [0, 0.05) is 26.1 Å². The summed E-state index contributed by atoms with van der Waals surface area (Å²) in [7, 11) is 3.32. The molecule has 0 saturated carbocycles. The molecular formula is C14H18N4O3. The molecule has 0 aromatic heterocycles. The molecule has 1 heterocycles. The second-order valence-corrected chi connectivity index (χ2v) is 5.15. The van der Waals surface area contributed by atoms with Gasteiger partial charge in [-0.25, -0.2) is 0 Å². The summed E-state index contributed by atoms with van der Waals surface area (Å²) in [6.45, 7) is 0. The Balaban J connectivity index is 2.13. The van der Waals surface area contributed by atoms with Gasteiger partial charge in [0.2, 0.25) is 11.8 Å². The van der Waals surface area contributed by atoms with Gasteiger partial charge in [-0.1, -0.05) is 0 Å². The van der Waals surface area contributed by atoms with Gasteiger partial charge in [-0.15, -0.1) is 0 Å². The highest BCUT2D eigenvalue weighted by atomic mass is 16.2. The molecule has 3 amide bonds. The zero-order chi connectivity index (χ0) is 15.6. The fraction of sp³-hybridized carbons (Fsp3) is 0.357. The van der Waals surface area contributed by atoms with Crippen molar-refractivity contribution in [3.8, 4) is 0 Å². The molecule has 1 aromatic carbocycles. The van der Waals surface area contributed by atoms with Gasteiger partial charge in [-0.05, 0) is 24.6 Å². The van der Waals surface area contributed by atoms with E-state index in [9.17, 15) is 14.4 Å². The number of nitrogens with one attached hydrogen (secondary N) is 2. The molecule has 112 valence electrons. The van der Waals surface area contributed by atoms with E-state index in [4.69, 9.17) is 5.73 Å². The van der Waals surface area contributed by atoms with Crippen LogP contribution in [0.5, 0.6) is 0 Å². The smallest absolute Gasteiger partial charge is 0.253 e. The first-order chi connectivity index (χ1) is 9.88. The molecular weight excluding hydrogens is 272 g/mol. The lowest BCUT2D eigenvalue weighted by atomic mass is 10.0. The minimum atomic E-state index is -0.500. The van der Waals surface area contributed by atoms with Gasteiger partial charge in [-0.3, -0.25) is 19.7 Å². The Morgan fingerprint density at radius 2 is 2.10 bits per heavy atom. The van der Waals surface area contributed by atoms with Crippen molar-refractivity contribution < 1.29 is 14.4 Å². The number of nitrogen functional groups attached to an aromatic ring is 1. The number of benzene rings is 1. The van der Waals surface area contributed by atoms with E-state index in [2.05, 4.69) is 10.6 Å². The Morgan fingerprint density at radius 3 is 2.67 bits per heavy atom. The van der Waals surface area contributed by atoms with Crippen molar-refractivity contribution in [3.63, 3.8) is 0 Å². The molecule has 2 rings (SSSR count). The molecule has 0 aliphatic carbocycles. The van der Waals surface area contributed by atoms with E-state index in [1.807, 2.05) is 0 Å². The summed E-state index contributed by atoms with van der Waals surface area (Å²) in [6, 6.07) is 4.37. The van der Waals surface area contributed by atoms with E-state index in [-0.39, 0.29) is 17.7 Å². The maximum Gasteiger partial charge on any atom is 0.253 e. The molecule has 1 aliphatic heterocycles. The molecule has 0 radical (unpaired) electrons. The van der Waals surface area contributed by atoms with Crippen molar-refractivity contribution >= 4 is 29.1 Å². The van der Waals surface area contributed by atoms with Crippen LogP contribution >= 0.6 is 0 Å². The van der Waals surface area contributed by atoms with Crippen LogP contribution in [-0.4, -0.2) is 42.8 Å². The number of piperidine rings is 1. The third kappa shape index (κ3) is 3.31. The normalized spacial score (nSPS) is 18.1. The van der Waals surface area contributed by atoms with Crippen molar-refractivity contribution in [3.05, 3.63) is 23.8 Å². The Kier molecular flexibility index (Phi) is 4.11. The molecule has 1 aliphatic rings. The maximum absolute atomic E-state index is 11.8. The summed E-state index contributed by atoms with van der Waals surface area (Å²) in [6.07, 6.45) is 0.711. The number of hydrogen-bond acceptors (Lipinski definition) is 5. The SMILES string of the molecule is CN(C)C(=O)c1ccc(NC2CCC(=O)NC2=O)c(N)c1. The molecule has 21 heavy (non-hydrogen) atoms. The zero-order valence-electron chi connectivity index (χ0n) is 12.0. The van der Waals surface area contributed by atoms with Crippen LogP contribution in [0, 0.1) is 0 Å². The van der Waals surface area contributed by atoms with E-state index in [1.165, 1.54) is 4.90 Å². The molecule has 1 fully saturated rings. The number of hydrogen-bond donors (Lipinski definition) is 3. The summed E-state index contributed by atoms with van der Waals surface area (Å²) in [5.41, 5.74) is 7.35. The van der Waals surface area contributed by atoms with Crippen molar-refractivity contribution in [2.45, 2.75) is 18.9 Å². The number of nitrogens with two attached hydrogens (primary N) is 1. The van der Waals surface area contributed by atoms with Crippen LogP contribution < -0.4 is 16.4 Å². The van der Waals surface area contributed by atoms with E-state index in [0.29, 0.717) is 29.8 Å². The fourth-order valence-electron chi connectivity index (χ4n) is 2.10. The molecule has 1 aromatic rings. The number of rotatable bonds is 3. The van der Waals surface area contributed by atoms with E-state index in [0.717, 1.165) is 0 Å². The second-order valence-electron chi connectivity index (χ2n) is 5.15. The van der Waals surface area contributed by atoms with Gasteiger partial charge >= 0.3 is 0 Å². The topological polar surface area (TPSA) is 105 Å². The first-order valence-electron chi connectivity index (χ1n) is 6.60. The Bertz CT molecular complexity index is 598. The second kappa shape index (κ2) is 5.82. The Morgan fingerprint density at radius 1 is 1.38 bits per heavy atom. The van der Waals surface area contributed by atoms with Gasteiger partial charge in [0.25, 0.3) is 5.91 Å². The van der Waals surface area contributed by atoms with Gasteiger partial charge in [0.05, 0.1) is 11.4 Å². The average Bonchev–Trinajstić information content (AvgIpc) is 2.42. The van der Waals surface area contributed by atoms with Crippen LogP contribution in [0.15, 0.2) is 18.2 Å². The molecule has 0 bridgehead atoms. The number of nitrogens with zero attached hydrogens (tertiary/aromatic N) is 1.